The molecule has 0 spiro atoms. The van der Waals surface area contributed by atoms with Gasteiger partial charge in [0.25, 0.3) is 0 Å². The summed E-state index contributed by atoms with van der Waals surface area (Å²) in [4.78, 5) is 7.71. The van der Waals surface area contributed by atoms with Crippen LogP contribution in [0.15, 0.2) is 80.1 Å². The monoisotopic (exact) mass is 638 g/mol. The van der Waals surface area contributed by atoms with Crippen LogP contribution >= 0.6 is 57.1 Å². The molecule has 9 rings (SSSR count). The summed E-state index contributed by atoms with van der Waals surface area (Å²) in [6.07, 6.45) is 0. The van der Waals surface area contributed by atoms with Crippen molar-refractivity contribution in [2.75, 3.05) is 0 Å². The highest BCUT2D eigenvalue weighted by Gasteiger charge is 2.40. The highest BCUT2D eigenvalue weighted by atomic mass is 32.1. The smallest absolute Gasteiger partial charge is 0.114 e. The third kappa shape index (κ3) is 3.52. The van der Waals surface area contributed by atoms with Gasteiger partial charge in [-0.05, 0) is 46.2 Å². The molecule has 0 saturated carbocycles. The molecule has 7 aromatic rings. The molecule has 0 atom stereocenters. The number of rotatable bonds is 4. The van der Waals surface area contributed by atoms with Gasteiger partial charge >= 0.3 is 0 Å². The maximum absolute atomic E-state index is 4.76. The molecule has 1 aliphatic carbocycles. The zero-order chi connectivity index (χ0) is 27.3. The minimum Gasteiger partial charge on any atom is -0.172 e. The predicted octanol–water partition coefficient (Wildman–Crippen LogP) is 11.6. The van der Waals surface area contributed by atoms with Crippen molar-refractivity contribution in [3.63, 3.8) is 0 Å². The zero-order valence-electron chi connectivity index (χ0n) is 21.7. The molecular weight excluding hydrogens is 621 g/mol. The molecule has 0 amide bonds. The lowest BCUT2D eigenvalue weighted by atomic mass is 9.83. The topological polar surface area (TPSA) is 50.5 Å². The maximum Gasteiger partial charge on any atom is 0.114 e. The Balaban J connectivity index is 1.16. The van der Waals surface area contributed by atoms with Gasteiger partial charge in [-0.1, -0.05) is 50.2 Å². The summed E-state index contributed by atoms with van der Waals surface area (Å²) in [6.45, 7) is 4.70. The van der Waals surface area contributed by atoms with E-state index in [2.05, 4.69) is 85.3 Å². The van der Waals surface area contributed by atoms with Crippen molar-refractivity contribution in [2.24, 2.45) is 8.73 Å². The minimum atomic E-state index is -0.0825. The van der Waals surface area contributed by atoms with E-state index in [0.717, 1.165) is 33.5 Å². The Morgan fingerprint density at radius 2 is 1.07 bits per heavy atom. The lowest BCUT2D eigenvalue weighted by Gasteiger charge is -2.19. The van der Waals surface area contributed by atoms with Crippen LogP contribution in [0.25, 0.3) is 62.6 Å². The standard InChI is InChI=1S/C31H18N4S6/c1-31(2)19-13-23(17-9-7-15(21-5-3-11-36-21)25-27(17)34-40-32-25)38-29(19)30-20(31)14-24(39-30)18-10-8-16(22-6-4-12-37-22)26-28(18)35-41-33-26/h3-14H,1-2H3. The molecule has 198 valence electrons. The quantitative estimate of drug-likeness (QED) is 0.193. The number of fused-ring (bicyclic) bond motifs is 5. The average Bonchev–Trinajstić information content (AvgIpc) is 3.83. The minimum absolute atomic E-state index is 0.0825. The predicted molar refractivity (Wildman–Crippen MR) is 180 cm³/mol. The number of hydrogen-bond donors (Lipinski definition) is 0. The molecule has 1 aliphatic heterocycles. The second kappa shape index (κ2) is 8.94. The number of aromatic nitrogens is 2. The van der Waals surface area contributed by atoms with Crippen molar-refractivity contribution < 1.29 is 0 Å². The molecule has 0 fully saturated rings. The second-order valence-corrected chi connectivity index (χ2v) is 15.6. The van der Waals surface area contributed by atoms with E-state index < -0.39 is 0 Å². The van der Waals surface area contributed by atoms with E-state index in [0.29, 0.717) is 0 Å². The zero-order valence-corrected chi connectivity index (χ0v) is 26.6. The average molecular weight is 639 g/mol. The normalized spacial score (nSPS) is 14.4. The van der Waals surface area contributed by atoms with Crippen LogP contribution in [0.1, 0.15) is 25.0 Å². The van der Waals surface area contributed by atoms with Crippen LogP contribution in [0.3, 0.4) is 0 Å². The van der Waals surface area contributed by atoms with Crippen molar-refractivity contribution in [2.45, 2.75) is 19.3 Å². The first-order valence-electron chi connectivity index (χ1n) is 13.0. The van der Waals surface area contributed by atoms with E-state index in [-0.39, 0.29) is 5.41 Å². The van der Waals surface area contributed by atoms with Crippen LogP contribution in [-0.2, 0) is 16.8 Å². The van der Waals surface area contributed by atoms with Crippen LogP contribution in [-0.4, -0.2) is 8.75 Å². The van der Waals surface area contributed by atoms with Crippen LogP contribution in [0.2, 0.25) is 0 Å². The van der Waals surface area contributed by atoms with E-state index in [1.807, 2.05) is 22.7 Å². The van der Waals surface area contributed by atoms with Gasteiger partial charge in [0.1, 0.15) is 22.4 Å². The third-order valence-corrected chi connectivity index (χ3v) is 13.3. The molecule has 6 heterocycles. The largest absolute Gasteiger partial charge is 0.172 e. The van der Waals surface area contributed by atoms with Crippen molar-refractivity contribution in [3.05, 3.63) is 82.6 Å². The lowest BCUT2D eigenvalue weighted by molar-refractivity contribution is 0.663. The van der Waals surface area contributed by atoms with Crippen LogP contribution in [0, 0.1) is 0 Å². The van der Waals surface area contributed by atoms with Gasteiger partial charge in [-0.2, -0.15) is 17.5 Å². The van der Waals surface area contributed by atoms with Crippen molar-refractivity contribution >= 4 is 90.8 Å². The van der Waals surface area contributed by atoms with Gasteiger partial charge in [-0.25, -0.2) is 0 Å². The molecule has 0 saturated heterocycles. The van der Waals surface area contributed by atoms with Crippen molar-refractivity contribution in [1.82, 2.24) is 8.75 Å². The first kappa shape index (κ1) is 24.5. The summed E-state index contributed by atoms with van der Waals surface area (Å²) >= 11 is 9.84. The molecular formula is C31H18N4S6. The first-order chi connectivity index (χ1) is 20.1. The summed E-state index contributed by atoms with van der Waals surface area (Å²) in [5.41, 5.74) is 11.4. The molecule has 4 nitrogen and oxygen atoms in total. The van der Waals surface area contributed by atoms with Gasteiger partial charge in [0.2, 0.25) is 0 Å². The second-order valence-electron chi connectivity index (χ2n) is 10.5. The maximum atomic E-state index is 4.76. The van der Waals surface area contributed by atoms with E-state index in [4.69, 9.17) is 17.5 Å². The summed E-state index contributed by atoms with van der Waals surface area (Å²) in [7, 11) is 0. The van der Waals surface area contributed by atoms with Crippen molar-refractivity contribution in [3.8, 4) is 51.5 Å². The molecule has 0 bridgehead atoms. The highest BCUT2D eigenvalue weighted by molar-refractivity contribution is 7.58. The molecule has 0 radical (unpaired) electrons. The number of nitrogens with zero attached hydrogens (tertiary/aromatic N) is 4. The van der Waals surface area contributed by atoms with E-state index in [1.165, 1.54) is 74.6 Å². The number of hydrogen-bond acceptors (Lipinski definition) is 9. The van der Waals surface area contributed by atoms with Crippen LogP contribution in [0.5, 0.6) is 0 Å². The fourth-order valence-corrected chi connectivity index (χ4v) is 11.3. The fourth-order valence-electron chi connectivity index (χ4n) is 5.85. The van der Waals surface area contributed by atoms with Crippen molar-refractivity contribution in [1.29, 1.82) is 0 Å². The van der Waals surface area contributed by atoms with E-state index in [1.54, 1.807) is 22.7 Å². The van der Waals surface area contributed by atoms with E-state index >= 15 is 0 Å². The molecule has 2 aliphatic rings. The van der Waals surface area contributed by atoms with Gasteiger partial charge in [-0.15, -0.1) is 45.3 Å². The Kier molecular flexibility index (Phi) is 5.34. The Hall–Kier alpha value is -3.12. The molecule has 41 heavy (non-hydrogen) atoms. The summed E-state index contributed by atoms with van der Waals surface area (Å²) in [6, 6.07) is 22.2. The molecule has 0 unspecified atom stereocenters. The Labute approximate surface area is 259 Å². The fraction of sp³-hybridized carbons (Fsp3) is 0.0968. The third-order valence-electron chi connectivity index (χ3n) is 7.95. The van der Waals surface area contributed by atoms with Crippen LogP contribution < -0.4 is 0 Å². The molecule has 10 heteroatoms. The summed E-state index contributed by atoms with van der Waals surface area (Å²) in [5, 5.41) is 4.23. The van der Waals surface area contributed by atoms with Gasteiger partial charge in [-0.3, -0.25) is 0 Å². The summed E-state index contributed by atoms with van der Waals surface area (Å²) < 4.78 is 18.9. The van der Waals surface area contributed by atoms with Gasteiger partial charge in [0, 0.05) is 56.9 Å². The van der Waals surface area contributed by atoms with Gasteiger partial charge in [0.15, 0.2) is 0 Å². The molecule has 0 N–H and O–H groups in total. The van der Waals surface area contributed by atoms with Gasteiger partial charge in [0.05, 0.1) is 23.1 Å². The SMILES string of the molecule is CC1(C)c2cc(-c3ccc(-c4cccs4)c4c3N=S=N4)sc2-c2sc(-c3ccc(-c4cccs4)c4nsnc34)cc21. The summed E-state index contributed by atoms with van der Waals surface area (Å²) in [5.74, 6) is 0. The van der Waals surface area contributed by atoms with Crippen LogP contribution in [0.4, 0.5) is 11.4 Å². The number of benzene rings is 2. The Bertz CT molecular complexity index is 2220. The first-order valence-corrected chi connectivity index (χ1v) is 17.8. The highest BCUT2D eigenvalue weighted by Crippen LogP contribution is 2.59. The molecule has 2 aromatic carbocycles. The Morgan fingerprint density at radius 3 is 1.63 bits per heavy atom. The van der Waals surface area contributed by atoms with Gasteiger partial charge < -0.3 is 0 Å². The lowest BCUT2D eigenvalue weighted by Crippen LogP contribution is -2.13. The number of thiophene rings is 4. The van der Waals surface area contributed by atoms with E-state index in [9.17, 15) is 0 Å². The Morgan fingerprint density at radius 1 is 0.585 bits per heavy atom. The molecule has 5 aromatic heterocycles.